The van der Waals surface area contributed by atoms with Gasteiger partial charge in [-0.25, -0.2) is 0 Å². The van der Waals surface area contributed by atoms with E-state index >= 15 is 0 Å². The predicted molar refractivity (Wildman–Crippen MR) is 134 cm³/mol. The van der Waals surface area contributed by atoms with Crippen LogP contribution in [-0.2, 0) is 26.4 Å². The van der Waals surface area contributed by atoms with Gasteiger partial charge in [-0.1, -0.05) is 12.1 Å². The number of benzene rings is 2. The van der Waals surface area contributed by atoms with Gasteiger partial charge in [0, 0.05) is 24.3 Å². The Morgan fingerprint density at radius 3 is 2.39 bits per heavy atom. The summed E-state index contributed by atoms with van der Waals surface area (Å²) in [6.45, 7) is 0.379. The maximum Gasteiger partial charge on any atom is 0.357 e. The second-order valence-electron chi connectivity index (χ2n) is 6.78. The zero-order chi connectivity index (χ0) is 24.4. The summed E-state index contributed by atoms with van der Waals surface area (Å²) in [5, 5.41) is 5.29. The van der Waals surface area contributed by atoms with Crippen LogP contribution >= 0.6 is 24.8 Å². The van der Waals surface area contributed by atoms with Crippen LogP contribution in [0, 0.1) is 5.92 Å². The lowest BCUT2D eigenvalue weighted by Gasteiger charge is -2.21. The van der Waals surface area contributed by atoms with E-state index in [1.165, 1.54) is 24.3 Å². The van der Waals surface area contributed by atoms with Crippen molar-refractivity contribution in [3.05, 3.63) is 54.1 Å². The monoisotopic (exact) mass is 512 g/mol. The minimum atomic E-state index is -4.38. The molecule has 0 spiro atoms. The fraction of sp³-hybridized carbons (Fsp3) is 0.211. The summed E-state index contributed by atoms with van der Waals surface area (Å²) in [5.41, 5.74) is 12.9. The van der Waals surface area contributed by atoms with Crippen LogP contribution in [0.3, 0.4) is 0 Å². The fourth-order valence-corrected chi connectivity index (χ4v) is 3.55. The third-order valence-electron chi connectivity index (χ3n) is 4.18. The van der Waals surface area contributed by atoms with E-state index in [2.05, 4.69) is 34.1 Å². The maximum absolute atomic E-state index is 12.2. The number of nitrogens with two attached hydrogens (primary N) is 1. The first-order valence-electron chi connectivity index (χ1n) is 9.49. The number of thiocarbonyl (C=S) groups is 1. The van der Waals surface area contributed by atoms with Crippen molar-refractivity contribution in [1.82, 2.24) is 10.9 Å². The van der Waals surface area contributed by atoms with E-state index < -0.39 is 27.5 Å². The number of hydrogen-bond acceptors (Lipinski definition) is 8. The molecule has 8 N–H and O–H groups in total. The maximum atomic E-state index is 12.2. The Balaban J connectivity index is 1.82. The van der Waals surface area contributed by atoms with E-state index in [9.17, 15) is 18.0 Å². The topological polar surface area (TPSA) is 175 Å². The number of nitrogens with one attached hydrogen (secondary N) is 5. The Labute approximate surface area is 202 Å². The summed E-state index contributed by atoms with van der Waals surface area (Å²) in [6, 6.07) is 13.1. The van der Waals surface area contributed by atoms with Gasteiger partial charge in [0.2, 0.25) is 5.91 Å². The molecular weight excluding hydrogens is 488 g/mol. The lowest BCUT2D eigenvalue weighted by Crippen LogP contribution is -2.45. The zero-order valence-corrected chi connectivity index (χ0v) is 19.7. The van der Waals surface area contributed by atoms with E-state index in [1.54, 1.807) is 6.07 Å². The van der Waals surface area contributed by atoms with Crippen molar-refractivity contribution in [2.24, 2.45) is 11.7 Å². The summed E-state index contributed by atoms with van der Waals surface area (Å²) in [7, 11) is -4.38. The second kappa shape index (κ2) is 12.4. The molecule has 178 valence electrons. The highest BCUT2D eigenvalue weighted by atomic mass is 32.2. The molecule has 0 fully saturated rings. The highest BCUT2D eigenvalue weighted by Gasteiger charge is 2.21. The molecule has 0 saturated heterocycles. The Bertz CT molecular complexity index is 1080. The number of carbonyl (C=O) groups is 2. The summed E-state index contributed by atoms with van der Waals surface area (Å²) < 4.78 is 32.3. The number of aldehydes is 1. The molecule has 0 aromatic heterocycles. The van der Waals surface area contributed by atoms with Gasteiger partial charge in [-0.2, -0.15) is 21.0 Å². The fourth-order valence-electron chi connectivity index (χ4n) is 2.63. The molecular formula is C19H24N6O5S3. The number of carbonyl (C=O) groups excluding carboxylic acids is 2. The van der Waals surface area contributed by atoms with Crippen LogP contribution in [0.1, 0.15) is 12.0 Å². The van der Waals surface area contributed by atoms with Crippen molar-refractivity contribution in [3.8, 4) is 0 Å². The van der Waals surface area contributed by atoms with E-state index in [1.807, 2.05) is 22.9 Å². The van der Waals surface area contributed by atoms with Gasteiger partial charge in [0.05, 0.1) is 17.0 Å². The van der Waals surface area contributed by atoms with Crippen LogP contribution < -0.4 is 31.9 Å². The SMILES string of the molecule is NCc1cccc(NC(=S)NNC(=O)CC(C=O)C(S)Nc2ccc(NS(=O)(=O)O)cc2)c1. The number of hydrazine groups is 1. The summed E-state index contributed by atoms with van der Waals surface area (Å²) in [4.78, 5) is 23.7. The predicted octanol–water partition coefficient (Wildman–Crippen LogP) is 1.25. The second-order valence-corrected chi connectivity index (χ2v) is 8.90. The first-order valence-corrected chi connectivity index (χ1v) is 11.9. The minimum absolute atomic E-state index is 0.149. The zero-order valence-electron chi connectivity index (χ0n) is 17.2. The lowest BCUT2D eigenvalue weighted by molar-refractivity contribution is -0.124. The van der Waals surface area contributed by atoms with E-state index in [4.69, 9.17) is 22.5 Å². The quantitative estimate of drug-likeness (QED) is 0.0578. The molecule has 14 heteroatoms. The van der Waals surface area contributed by atoms with Crippen LogP contribution in [0.4, 0.5) is 17.1 Å². The number of thiol groups is 1. The molecule has 0 heterocycles. The average molecular weight is 513 g/mol. The third kappa shape index (κ3) is 9.63. The summed E-state index contributed by atoms with van der Waals surface area (Å²) in [6.07, 6.45) is 0.429. The molecule has 0 bridgehead atoms. The van der Waals surface area contributed by atoms with E-state index in [-0.39, 0.29) is 17.2 Å². The Morgan fingerprint density at radius 1 is 1.12 bits per heavy atom. The lowest BCUT2D eigenvalue weighted by atomic mass is 10.1. The van der Waals surface area contributed by atoms with Crippen LogP contribution in [0.2, 0.25) is 0 Å². The number of rotatable bonds is 10. The first kappa shape index (κ1) is 26.3. The standard InChI is InChI=1S/C19H24N6O5S3/c20-10-12-2-1-3-16(8-12)22-19(32)24-23-17(27)9-13(11-26)18(31)21-14-4-6-15(7-5-14)25-33(28,29)30/h1-8,11,13,18,21,25,31H,9-10,20H2,(H,23,27)(H2,22,24,32)(H,28,29,30). The van der Waals surface area contributed by atoms with Gasteiger partial charge in [0.1, 0.15) is 6.29 Å². The van der Waals surface area contributed by atoms with Gasteiger partial charge < -0.3 is 21.2 Å². The highest BCUT2D eigenvalue weighted by Crippen LogP contribution is 2.20. The first-order chi connectivity index (χ1) is 15.6. The number of hydrogen-bond donors (Lipinski definition) is 8. The largest absolute Gasteiger partial charge is 0.373 e. The number of anilines is 3. The van der Waals surface area contributed by atoms with Crippen LogP contribution in [0.15, 0.2) is 48.5 Å². The molecule has 1 amide bonds. The van der Waals surface area contributed by atoms with Crippen molar-refractivity contribution in [3.63, 3.8) is 0 Å². The van der Waals surface area contributed by atoms with Gasteiger partial charge in [-0.05, 0) is 54.2 Å². The van der Waals surface area contributed by atoms with E-state index in [0.29, 0.717) is 24.2 Å². The Hall–Kier alpha value is -2.91. The van der Waals surface area contributed by atoms with Gasteiger partial charge in [-0.15, -0.1) is 0 Å². The molecule has 11 nitrogen and oxygen atoms in total. The molecule has 0 aliphatic rings. The molecule has 2 atom stereocenters. The number of amides is 1. The van der Waals surface area contributed by atoms with Crippen molar-refractivity contribution in [2.45, 2.75) is 18.3 Å². The molecule has 2 aromatic carbocycles. The molecule has 0 aliphatic heterocycles. The molecule has 0 radical (unpaired) electrons. The normalized spacial score (nSPS) is 12.7. The Morgan fingerprint density at radius 2 is 1.79 bits per heavy atom. The van der Waals surface area contributed by atoms with Gasteiger partial charge in [0.15, 0.2) is 5.11 Å². The smallest absolute Gasteiger partial charge is 0.357 e. The van der Waals surface area contributed by atoms with Crippen molar-refractivity contribution in [1.29, 1.82) is 0 Å². The van der Waals surface area contributed by atoms with Gasteiger partial charge >= 0.3 is 10.3 Å². The third-order valence-corrected chi connectivity index (χ3v) is 5.39. The minimum Gasteiger partial charge on any atom is -0.373 e. The van der Waals surface area contributed by atoms with Crippen molar-refractivity contribution in [2.75, 3.05) is 15.4 Å². The molecule has 2 unspecified atom stereocenters. The van der Waals surface area contributed by atoms with Crippen molar-refractivity contribution >= 4 is 69.5 Å². The van der Waals surface area contributed by atoms with E-state index in [0.717, 1.165) is 5.56 Å². The van der Waals surface area contributed by atoms with Gasteiger partial charge in [-0.3, -0.25) is 24.9 Å². The average Bonchev–Trinajstić information content (AvgIpc) is 2.76. The molecule has 2 rings (SSSR count). The summed E-state index contributed by atoms with van der Waals surface area (Å²) in [5.74, 6) is -1.27. The highest BCUT2D eigenvalue weighted by molar-refractivity contribution is 7.87. The molecule has 33 heavy (non-hydrogen) atoms. The van der Waals surface area contributed by atoms with Gasteiger partial charge in [0.25, 0.3) is 0 Å². The van der Waals surface area contributed by atoms with Crippen molar-refractivity contribution < 1.29 is 22.6 Å². The summed E-state index contributed by atoms with van der Waals surface area (Å²) >= 11 is 9.47. The van der Waals surface area contributed by atoms with Crippen LogP contribution in [-0.4, -0.2) is 35.7 Å². The Kier molecular flexibility index (Phi) is 9.87. The molecule has 0 saturated carbocycles. The van der Waals surface area contributed by atoms with Crippen LogP contribution in [0.5, 0.6) is 0 Å². The molecule has 2 aromatic rings. The molecule has 0 aliphatic carbocycles. The van der Waals surface area contributed by atoms with Crippen LogP contribution in [0.25, 0.3) is 0 Å².